The van der Waals surface area contributed by atoms with Crippen LogP contribution in [0, 0.1) is 20.8 Å². The third-order valence-electron chi connectivity index (χ3n) is 4.15. The van der Waals surface area contributed by atoms with Crippen molar-refractivity contribution >= 4 is 0 Å². The van der Waals surface area contributed by atoms with Crippen molar-refractivity contribution in [2.24, 2.45) is 5.73 Å². The zero-order chi connectivity index (χ0) is 15.5. The lowest BCUT2D eigenvalue weighted by atomic mass is 9.75. The van der Waals surface area contributed by atoms with Gasteiger partial charge in [0, 0.05) is 12.0 Å². The minimum absolute atomic E-state index is 0.0555. The normalized spacial score (nSPS) is 14.0. The van der Waals surface area contributed by atoms with E-state index in [1.807, 2.05) is 6.07 Å². The fourth-order valence-corrected chi connectivity index (χ4v) is 3.04. The van der Waals surface area contributed by atoms with E-state index in [2.05, 4.69) is 57.2 Å². The van der Waals surface area contributed by atoms with Gasteiger partial charge in [-0.3, -0.25) is 0 Å². The zero-order valence-electron chi connectivity index (χ0n) is 13.2. The maximum atomic E-state index is 10.0. The molecule has 0 bridgehead atoms. The van der Waals surface area contributed by atoms with Gasteiger partial charge in [0.2, 0.25) is 0 Å². The third-order valence-corrected chi connectivity index (χ3v) is 4.15. The molecule has 112 valence electrons. The largest absolute Gasteiger partial charge is 0.395 e. The Morgan fingerprint density at radius 2 is 1.62 bits per heavy atom. The second kappa shape index (κ2) is 6.42. The highest BCUT2D eigenvalue weighted by Gasteiger charge is 2.30. The van der Waals surface area contributed by atoms with Crippen LogP contribution in [0.4, 0.5) is 0 Å². The van der Waals surface area contributed by atoms with Crippen LogP contribution >= 0.6 is 0 Å². The SMILES string of the molecule is Cc1cc(C)cc(CC(CN)(CO)c2cccc(C)c2)c1. The monoisotopic (exact) mass is 283 g/mol. The van der Waals surface area contributed by atoms with Crippen LogP contribution in [0.15, 0.2) is 42.5 Å². The summed E-state index contributed by atoms with van der Waals surface area (Å²) in [5.41, 5.74) is 11.7. The Hall–Kier alpha value is -1.64. The van der Waals surface area contributed by atoms with Gasteiger partial charge in [0.25, 0.3) is 0 Å². The number of benzene rings is 2. The number of aliphatic hydroxyl groups excluding tert-OH is 1. The van der Waals surface area contributed by atoms with Crippen LogP contribution < -0.4 is 5.73 Å². The molecule has 0 aliphatic rings. The molecular formula is C19H25NO. The highest BCUT2D eigenvalue weighted by Crippen LogP contribution is 2.29. The number of aryl methyl sites for hydroxylation is 3. The predicted octanol–water partition coefficient (Wildman–Crippen LogP) is 3.04. The lowest BCUT2D eigenvalue weighted by Gasteiger charge is -2.32. The Bertz CT molecular complexity index is 594. The molecule has 0 aliphatic heterocycles. The molecule has 0 aliphatic carbocycles. The molecule has 3 N–H and O–H groups in total. The van der Waals surface area contributed by atoms with E-state index in [1.54, 1.807) is 0 Å². The van der Waals surface area contributed by atoms with Gasteiger partial charge < -0.3 is 10.8 Å². The quantitative estimate of drug-likeness (QED) is 0.886. The fourth-order valence-electron chi connectivity index (χ4n) is 3.04. The summed E-state index contributed by atoms with van der Waals surface area (Å²) in [6, 6.07) is 14.8. The Labute approximate surface area is 127 Å². The highest BCUT2D eigenvalue weighted by atomic mass is 16.3. The second-order valence-corrected chi connectivity index (χ2v) is 6.18. The van der Waals surface area contributed by atoms with E-state index in [-0.39, 0.29) is 6.61 Å². The fraction of sp³-hybridized carbons (Fsp3) is 0.368. The molecule has 21 heavy (non-hydrogen) atoms. The molecular weight excluding hydrogens is 258 g/mol. The summed E-state index contributed by atoms with van der Waals surface area (Å²) in [5, 5.41) is 10.0. The average Bonchev–Trinajstić information content (AvgIpc) is 2.44. The first kappa shape index (κ1) is 15.7. The first-order valence-electron chi connectivity index (χ1n) is 7.44. The molecule has 1 unspecified atom stereocenters. The van der Waals surface area contributed by atoms with Crippen LogP contribution in [-0.4, -0.2) is 18.3 Å². The molecule has 0 saturated carbocycles. The maximum Gasteiger partial charge on any atom is 0.0543 e. The van der Waals surface area contributed by atoms with E-state index in [4.69, 9.17) is 5.73 Å². The van der Waals surface area contributed by atoms with Crippen LogP contribution in [-0.2, 0) is 11.8 Å². The van der Waals surface area contributed by atoms with Gasteiger partial charge in [0.15, 0.2) is 0 Å². The second-order valence-electron chi connectivity index (χ2n) is 6.18. The Morgan fingerprint density at radius 1 is 0.952 bits per heavy atom. The zero-order valence-corrected chi connectivity index (χ0v) is 13.2. The van der Waals surface area contributed by atoms with Gasteiger partial charge in [-0.15, -0.1) is 0 Å². The van der Waals surface area contributed by atoms with Crippen LogP contribution in [0.2, 0.25) is 0 Å². The number of rotatable bonds is 5. The van der Waals surface area contributed by atoms with Gasteiger partial charge in [-0.1, -0.05) is 59.2 Å². The van der Waals surface area contributed by atoms with Crippen molar-refractivity contribution in [2.75, 3.05) is 13.2 Å². The van der Waals surface area contributed by atoms with Crippen LogP contribution in [0.1, 0.15) is 27.8 Å². The van der Waals surface area contributed by atoms with Gasteiger partial charge in [-0.25, -0.2) is 0 Å². The van der Waals surface area contributed by atoms with Gasteiger partial charge in [-0.05, 0) is 38.3 Å². The van der Waals surface area contributed by atoms with Crippen molar-refractivity contribution in [1.82, 2.24) is 0 Å². The highest BCUT2D eigenvalue weighted by molar-refractivity contribution is 5.35. The Morgan fingerprint density at radius 3 is 2.14 bits per heavy atom. The van der Waals surface area contributed by atoms with Gasteiger partial charge in [0.1, 0.15) is 0 Å². The minimum atomic E-state index is -0.410. The van der Waals surface area contributed by atoms with E-state index in [9.17, 15) is 5.11 Å². The maximum absolute atomic E-state index is 10.0. The van der Waals surface area contributed by atoms with E-state index in [0.29, 0.717) is 6.54 Å². The van der Waals surface area contributed by atoms with E-state index in [1.165, 1.54) is 22.3 Å². The molecule has 2 aromatic carbocycles. The van der Waals surface area contributed by atoms with Gasteiger partial charge in [-0.2, -0.15) is 0 Å². The van der Waals surface area contributed by atoms with E-state index >= 15 is 0 Å². The molecule has 0 aromatic heterocycles. The lowest BCUT2D eigenvalue weighted by Crippen LogP contribution is -2.41. The van der Waals surface area contributed by atoms with Crippen molar-refractivity contribution in [3.8, 4) is 0 Å². The first-order chi connectivity index (χ1) is 9.99. The summed E-state index contributed by atoms with van der Waals surface area (Å²) >= 11 is 0. The molecule has 2 heteroatoms. The molecule has 1 atom stereocenters. The third kappa shape index (κ3) is 3.52. The Kier molecular flexibility index (Phi) is 4.81. The minimum Gasteiger partial charge on any atom is -0.395 e. The Balaban J connectivity index is 2.42. The summed E-state index contributed by atoms with van der Waals surface area (Å²) < 4.78 is 0. The van der Waals surface area contributed by atoms with Crippen LogP contribution in [0.3, 0.4) is 0 Å². The molecule has 2 nitrogen and oxygen atoms in total. The summed E-state index contributed by atoms with van der Waals surface area (Å²) in [4.78, 5) is 0. The first-order valence-corrected chi connectivity index (χ1v) is 7.44. The van der Waals surface area contributed by atoms with Crippen molar-refractivity contribution in [2.45, 2.75) is 32.6 Å². The number of nitrogens with two attached hydrogens (primary N) is 1. The summed E-state index contributed by atoms with van der Waals surface area (Å²) in [5.74, 6) is 0. The van der Waals surface area contributed by atoms with Crippen molar-refractivity contribution in [3.63, 3.8) is 0 Å². The lowest BCUT2D eigenvalue weighted by molar-refractivity contribution is 0.196. The summed E-state index contributed by atoms with van der Waals surface area (Å²) in [6.07, 6.45) is 0.756. The molecule has 0 spiro atoms. The number of hydrogen-bond donors (Lipinski definition) is 2. The summed E-state index contributed by atoms with van der Waals surface area (Å²) in [6.45, 7) is 6.76. The average molecular weight is 283 g/mol. The molecule has 0 radical (unpaired) electrons. The van der Waals surface area contributed by atoms with Crippen molar-refractivity contribution in [3.05, 3.63) is 70.3 Å². The van der Waals surface area contributed by atoms with Gasteiger partial charge in [0.05, 0.1) is 6.61 Å². The summed E-state index contributed by atoms with van der Waals surface area (Å²) in [7, 11) is 0. The van der Waals surface area contributed by atoms with E-state index in [0.717, 1.165) is 12.0 Å². The number of hydrogen-bond acceptors (Lipinski definition) is 2. The topological polar surface area (TPSA) is 46.2 Å². The molecule has 0 fully saturated rings. The van der Waals surface area contributed by atoms with Crippen molar-refractivity contribution in [1.29, 1.82) is 0 Å². The molecule has 0 saturated heterocycles. The van der Waals surface area contributed by atoms with Crippen LogP contribution in [0.5, 0.6) is 0 Å². The van der Waals surface area contributed by atoms with E-state index < -0.39 is 5.41 Å². The standard InChI is InChI=1S/C19H25NO/c1-14-5-4-6-18(10-14)19(12-20,13-21)11-17-8-15(2)7-16(3)9-17/h4-10,21H,11-13,20H2,1-3H3. The molecule has 0 heterocycles. The van der Waals surface area contributed by atoms with Gasteiger partial charge >= 0.3 is 0 Å². The van der Waals surface area contributed by atoms with Crippen LogP contribution in [0.25, 0.3) is 0 Å². The smallest absolute Gasteiger partial charge is 0.0543 e. The molecule has 2 rings (SSSR count). The predicted molar refractivity (Wildman–Crippen MR) is 88.6 cm³/mol. The number of aliphatic hydroxyl groups is 1. The molecule has 2 aromatic rings. The van der Waals surface area contributed by atoms with Crippen molar-refractivity contribution < 1.29 is 5.11 Å². The molecule has 0 amide bonds.